The van der Waals surface area contributed by atoms with Crippen molar-refractivity contribution in [2.24, 2.45) is 0 Å². The van der Waals surface area contributed by atoms with Gasteiger partial charge in [-0.3, -0.25) is 19.5 Å². The predicted molar refractivity (Wildman–Crippen MR) is 86.4 cm³/mol. The molecule has 1 aromatic heterocycles. The van der Waals surface area contributed by atoms with Crippen LogP contribution in [0.3, 0.4) is 0 Å². The van der Waals surface area contributed by atoms with Gasteiger partial charge in [-0.25, -0.2) is 0 Å². The van der Waals surface area contributed by atoms with Crippen LogP contribution in [-0.2, 0) is 0 Å². The van der Waals surface area contributed by atoms with Crippen LogP contribution in [0.15, 0.2) is 18.3 Å². The Labute approximate surface area is 136 Å². The van der Waals surface area contributed by atoms with Crippen LogP contribution >= 0.6 is 0 Å². The summed E-state index contributed by atoms with van der Waals surface area (Å²) in [4.78, 5) is 32.5. The summed E-state index contributed by atoms with van der Waals surface area (Å²) >= 11 is 0. The molecule has 1 aromatic rings. The molecule has 0 radical (unpaired) electrons. The van der Waals surface area contributed by atoms with Crippen LogP contribution in [0.2, 0.25) is 0 Å². The number of hydrogen-bond acceptors (Lipinski definition) is 5. The van der Waals surface area contributed by atoms with Gasteiger partial charge in [-0.2, -0.15) is 0 Å². The molecule has 2 fully saturated rings. The maximum Gasteiger partial charge on any atom is 0.269 e. The zero-order valence-corrected chi connectivity index (χ0v) is 13.4. The van der Waals surface area contributed by atoms with Crippen LogP contribution < -0.4 is 10.6 Å². The second kappa shape index (κ2) is 7.06. The number of nitrogens with zero attached hydrogens (tertiary/aromatic N) is 3. The molecule has 3 heterocycles. The fourth-order valence-corrected chi connectivity index (χ4v) is 3.24. The van der Waals surface area contributed by atoms with Crippen LogP contribution in [0.5, 0.6) is 0 Å². The molecule has 0 spiro atoms. The van der Waals surface area contributed by atoms with E-state index in [0.29, 0.717) is 17.3 Å². The van der Waals surface area contributed by atoms with Crippen molar-refractivity contribution < 1.29 is 9.59 Å². The van der Waals surface area contributed by atoms with Crippen molar-refractivity contribution in [2.75, 3.05) is 46.3 Å². The molecule has 0 bridgehead atoms. The summed E-state index contributed by atoms with van der Waals surface area (Å²) in [6.07, 6.45) is 2.51. The number of carbonyl (C=O) groups is 2. The molecule has 2 amide bonds. The van der Waals surface area contributed by atoms with Gasteiger partial charge >= 0.3 is 0 Å². The minimum atomic E-state index is -0.246. The Bertz CT molecular complexity index is 568. The van der Waals surface area contributed by atoms with E-state index in [1.807, 2.05) is 4.90 Å². The number of pyridine rings is 1. The van der Waals surface area contributed by atoms with Crippen LogP contribution in [0, 0.1) is 0 Å². The van der Waals surface area contributed by atoms with Crippen molar-refractivity contribution in [1.82, 2.24) is 25.4 Å². The van der Waals surface area contributed by atoms with Gasteiger partial charge in [-0.05, 0) is 18.6 Å². The summed E-state index contributed by atoms with van der Waals surface area (Å²) in [6.45, 7) is 5.70. The summed E-state index contributed by atoms with van der Waals surface area (Å²) < 4.78 is 0. The van der Waals surface area contributed by atoms with E-state index in [2.05, 4.69) is 20.5 Å². The van der Waals surface area contributed by atoms with E-state index in [-0.39, 0.29) is 11.8 Å². The molecule has 3 rings (SSSR count). The van der Waals surface area contributed by atoms with Crippen molar-refractivity contribution in [1.29, 1.82) is 0 Å². The summed E-state index contributed by atoms with van der Waals surface area (Å²) in [6, 6.07) is 3.73. The first kappa shape index (κ1) is 15.9. The Balaban J connectivity index is 1.61. The average molecular weight is 317 g/mol. The van der Waals surface area contributed by atoms with E-state index >= 15 is 0 Å². The maximum atomic E-state index is 12.6. The van der Waals surface area contributed by atoms with E-state index < -0.39 is 0 Å². The first-order chi connectivity index (χ1) is 11.2. The lowest BCUT2D eigenvalue weighted by Gasteiger charge is -2.32. The predicted octanol–water partition coefficient (Wildman–Crippen LogP) is -0.439. The molecule has 0 saturated carbocycles. The molecular weight excluding hydrogens is 294 g/mol. The Hall–Kier alpha value is -1.99. The largest absolute Gasteiger partial charge is 0.354 e. The summed E-state index contributed by atoms with van der Waals surface area (Å²) in [7, 11) is 1.56. The average Bonchev–Trinajstić information content (AvgIpc) is 3.11. The molecule has 0 aliphatic carbocycles. The molecule has 2 aliphatic rings. The van der Waals surface area contributed by atoms with Gasteiger partial charge in [0.2, 0.25) is 0 Å². The third kappa shape index (κ3) is 3.51. The van der Waals surface area contributed by atoms with Gasteiger partial charge < -0.3 is 15.5 Å². The Kier molecular flexibility index (Phi) is 4.88. The second-order valence-electron chi connectivity index (χ2n) is 5.99. The van der Waals surface area contributed by atoms with Crippen molar-refractivity contribution >= 4 is 11.8 Å². The number of aromatic nitrogens is 1. The van der Waals surface area contributed by atoms with Crippen molar-refractivity contribution in [3.8, 4) is 0 Å². The minimum absolute atomic E-state index is 0.00130. The fourth-order valence-electron chi connectivity index (χ4n) is 3.24. The number of hydrogen-bond donors (Lipinski definition) is 2. The monoisotopic (exact) mass is 317 g/mol. The number of rotatable bonds is 3. The van der Waals surface area contributed by atoms with E-state index in [1.54, 1.807) is 19.2 Å². The lowest BCUT2D eigenvalue weighted by atomic mass is 10.2. The minimum Gasteiger partial charge on any atom is -0.354 e. The first-order valence-electron chi connectivity index (χ1n) is 8.11. The van der Waals surface area contributed by atoms with Crippen molar-refractivity contribution in [3.63, 3.8) is 0 Å². The quantitative estimate of drug-likeness (QED) is 0.790. The van der Waals surface area contributed by atoms with Gasteiger partial charge in [-0.1, -0.05) is 0 Å². The second-order valence-corrected chi connectivity index (χ2v) is 5.99. The number of nitrogens with one attached hydrogen (secondary N) is 2. The van der Waals surface area contributed by atoms with Crippen LogP contribution in [0.1, 0.15) is 27.3 Å². The molecule has 1 atom stereocenters. The van der Waals surface area contributed by atoms with E-state index in [4.69, 9.17) is 0 Å². The summed E-state index contributed by atoms with van der Waals surface area (Å²) in [5.41, 5.74) is 0.864. The lowest BCUT2D eigenvalue weighted by Crippen LogP contribution is -2.49. The highest BCUT2D eigenvalue weighted by Gasteiger charge is 2.31. The third-order valence-electron chi connectivity index (χ3n) is 4.59. The molecule has 7 nitrogen and oxygen atoms in total. The molecule has 2 aliphatic heterocycles. The molecule has 2 saturated heterocycles. The molecular formula is C16H23N5O2. The highest BCUT2D eigenvalue weighted by Crippen LogP contribution is 2.18. The smallest absolute Gasteiger partial charge is 0.269 e. The molecule has 1 unspecified atom stereocenters. The third-order valence-corrected chi connectivity index (χ3v) is 4.59. The van der Waals surface area contributed by atoms with Crippen LogP contribution in [0.4, 0.5) is 0 Å². The molecule has 0 aromatic carbocycles. The van der Waals surface area contributed by atoms with Gasteiger partial charge in [-0.15, -0.1) is 0 Å². The van der Waals surface area contributed by atoms with Crippen molar-refractivity contribution in [2.45, 2.75) is 12.5 Å². The number of amides is 2. The molecule has 7 heteroatoms. The zero-order valence-electron chi connectivity index (χ0n) is 13.4. The normalized spacial score (nSPS) is 22.1. The summed E-state index contributed by atoms with van der Waals surface area (Å²) in [5.74, 6) is -0.248. The van der Waals surface area contributed by atoms with Gasteiger partial charge in [0, 0.05) is 58.6 Å². The molecule has 2 N–H and O–H groups in total. The standard InChI is InChI=1S/C16H23N5O2/c1-17-15(22)14-3-2-12(10-19-14)16(23)21-7-4-13(11-21)20-8-5-18-6-9-20/h2-3,10,13,18H,4-9,11H2,1H3,(H,17,22). The molecule has 23 heavy (non-hydrogen) atoms. The van der Waals surface area contributed by atoms with Gasteiger partial charge in [0.15, 0.2) is 0 Å². The van der Waals surface area contributed by atoms with Gasteiger partial charge in [0.1, 0.15) is 5.69 Å². The Morgan fingerprint density at radius 2 is 2.04 bits per heavy atom. The van der Waals surface area contributed by atoms with E-state index in [9.17, 15) is 9.59 Å². The van der Waals surface area contributed by atoms with Gasteiger partial charge in [0.05, 0.1) is 5.56 Å². The first-order valence-corrected chi connectivity index (χ1v) is 8.11. The van der Waals surface area contributed by atoms with Crippen LogP contribution in [0.25, 0.3) is 0 Å². The number of carbonyl (C=O) groups excluding carboxylic acids is 2. The molecule has 124 valence electrons. The van der Waals surface area contributed by atoms with Crippen molar-refractivity contribution in [3.05, 3.63) is 29.6 Å². The lowest BCUT2D eigenvalue weighted by molar-refractivity contribution is 0.0772. The van der Waals surface area contributed by atoms with Crippen LogP contribution in [-0.4, -0.2) is 79.0 Å². The Morgan fingerprint density at radius 3 is 2.70 bits per heavy atom. The highest BCUT2D eigenvalue weighted by molar-refractivity contribution is 5.96. The van der Waals surface area contributed by atoms with Gasteiger partial charge in [0.25, 0.3) is 11.8 Å². The summed E-state index contributed by atoms with van der Waals surface area (Å²) in [5, 5.41) is 5.87. The maximum absolute atomic E-state index is 12.6. The zero-order chi connectivity index (χ0) is 16.2. The number of likely N-dealkylation sites (tertiary alicyclic amines) is 1. The Morgan fingerprint density at radius 1 is 1.26 bits per heavy atom. The van der Waals surface area contributed by atoms with E-state index in [0.717, 1.165) is 45.7 Å². The SMILES string of the molecule is CNC(=O)c1ccc(C(=O)N2CCC(N3CCNCC3)C2)cn1. The fraction of sp³-hybridized carbons (Fsp3) is 0.562. The topological polar surface area (TPSA) is 77.6 Å². The number of piperazine rings is 1. The highest BCUT2D eigenvalue weighted by atomic mass is 16.2. The van der Waals surface area contributed by atoms with E-state index in [1.165, 1.54) is 6.20 Å².